The van der Waals surface area contributed by atoms with Crippen LogP contribution in [0.15, 0.2) is 0 Å². The van der Waals surface area contributed by atoms with Crippen LogP contribution in [0.1, 0.15) is 39.0 Å². The Morgan fingerprint density at radius 2 is 1.36 bits per heavy atom. The normalized spacial score (nSPS) is 6.71. The van der Waals surface area contributed by atoms with Gasteiger partial charge in [-0.3, -0.25) is 0 Å². The summed E-state index contributed by atoms with van der Waals surface area (Å²) in [6.45, 7) is 2.22. The van der Waals surface area contributed by atoms with Crippen LogP contribution in [0.25, 0.3) is 0 Å². The van der Waals surface area contributed by atoms with Crippen LogP contribution in [0, 0.1) is 10.8 Å². The fourth-order valence-corrected chi connectivity index (χ4v) is 0.887. The smallest absolute Gasteiger partial charge is 0.222 e. The highest BCUT2D eigenvalue weighted by Gasteiger charge is 1.84. The first-order valence-corrected chi connectivity index (χ1v) is 4.92. The van der Waals surface area contributed by atoms with Gasteiger partial charge in [0.1, 0.15) is 0 Å². The summed E-state index contributed by atoms with van der Waals surface area (Å²) in [5.41, 5.74) is 0. The molecule has 0 fully saturated rings. The zero-order valence-corrected chi connectivity index (χ0v) is 9.19. The van der Waals surface area contributed by atoms with Crippen LogP contribution in [-0.4, -0.2) is 18.0 Å². The van der Waals surface area contributed by atoms with E-state index in [4.69, 9.17) is 32.0 Å². The van der Waals surface area contributed by atoms with E-state index >= 15 is 0 Å². The molecular weight excluding hydrogens is 204 g/mol. The first-order valence-electron chi connectivity index (χ1n) is 4.38. The number of hydrogen-bond donors (Lipinski definition) is 2. The number of unbranched alkanes of at least 4 members (excludes halogenated alkanes) is 4. The van der Waals surface area contributed by atoms with Gasteiger partial charge in [-0.05, 0) is 6.42 Å². The van der Waals surface area contributed by atoms with Crippen molar-refractivity contribution < 1.29 is 9.59 Å². The molecule has 0 spiro atoms. The van der Waals surface area contributed by atoms with E-state index in [9.17, 15) is 0 Å². The number of rotatable bonds is 5. The molecule has 0 saturated heterocycles. The number of isocyanates is 2. The molecule has 14 heavy (non-hydrogen) atoms. The van der Waals surface area contributed by atoms with Crippen LogP contribution in [0.2, 0.25) is 0 Å². The molecule has 82 valence electrons. The van der Waals surface area contributed by atoms with Crippen molar-refractivity contribution in [1.82, 2.24) is 0 Å². The lowest BCUT2D eigenvalue weighted by Gasteiger charge is -1.93. The molecule has 5 heteroatoms. The third-order valence-electron chi connectivity index (χ3n) is 1.24. The zero-order chi connectivity index (χ0) is 11.7. The molecule has 0 atom stereocenters. The molecule has 0 rings (SSSR count). The monoisotopic (exact) mass is 220 g/mol. The molecule has 0 aliphatic heterocycles. The fourth-order valence-electron chi connectivity index (χ4n) is 0.698. The van der Waals surface area contributed by atoms with Gasteiger partial charge in [0, 0.05) is 5.88 Å². The van der Waals surface area contributed by atoms with Gasteiger partial charge in [0.25, 0.3) is 0 Å². The van der Waals surface area contributed by atoms with Crippen LogP contribution in [-0.2, 0) is 9.59 Å². The van der Waals surface area contributed by atoms with Gasteiger partial charge in [0.05, 0.1) is 0 Å². The van der Waals surface area contributed by atoms with E-state index in [0.717, 1.165) is 18.0 Å². The van der Waals surface area contributed by atoms with E-state index < -0.39 is 0 Å². The number of alkyl halides is 1. The Morgan fingerprint density at radius 3 is 1.64 bits per heavy atom. The quantitative estimate of drug-likeness (QED) is 0.323. The average molecular weight is 221 g/mol. The number of hydrogen-bond acceptors (Lipinski definition) is 4. The fraction of sp³-hybridized carbons (Fsp3) is 0.778. The SMILES string of the molecule is CCCCCCCCl.N=C=O.N=C=O. The first kappa shape index (κ1) is 18.8. The van der Waals surface area contributed by atoms with Gasteiger partial charge in [-0.25, -0.2) is 20.4 Å². The molecule has 0 amide bonds. The van der Waals surface area contributed by atoms with Crippen LogP contribution in [0.5, 0.6) is 0 Å². The summed E-state index contributed by atoms with van der Waals surface area (Å²) in [6.07, 6.45) is 8.07. The lowest BCUT2D eigenvalue weighted by molar-refractivity contribution is 0.562. The third-order valence-corrected chi connectivity index (χ3v) is 1.50. The van der Waals surface area contributed by atoms with Gasteiger partial charge < -0.3 is 0 Å². The maximum absolute atomic E-state index is 8.35. The Hall–Kier alpha value is -0.950. The van der Waals surface area contributed by atoms with Gasteiger partial charge in [0.15, 0.2) is 0 Å². The predicted octanol–water partition coefficient (Wildman–Crippen LogP) is 3.00. The van der Waals surface area contributed by atoms with Crippen molar-refractivity contribution in [3.8, 4) is 0 Å². The molecule has 0 heterocycles. The molecule has 0 saturated carbocycles. The van der Waals surface area contributed by atoms with E-state index in [1.54, 1.807) is 0 Å². The van der Waals surface area contributed by atoms with Crippen LogP contribution in [0.3, 0.4) is 0 Å². The minimum Gasteiger partial charge on any atom is -0.222 e. The minimum atomic E-state index is 0.750. The standard InChI is InChI=1S/C7H15Cl.2CHNO/c1-2-3-4-5-6-7-8;2*2-1-3/h2-7H2,1H3;2*2H. The second kappa shape index (κ2) is 29.6. The van der Waals surface area contributed by atoms with Crippen LogP contribution in [0.4, 0.5) is 0 Å². The molecule has 0 aliphatic carbocycles. The third kappa shape index (κ3) is 68.0. The highest BCUT2D eigenvalue weighted by molar-refractivity contribution is 6.17. The van der Waals surface area contributed by atoms with E-state index in [0.29, 0.717) is 0 Å². The van der Waals surface area contributed by atoms with E-state index in [1.165, 1.54) is 32.1 Å². The Bertz CT molecular complexity index is 133. The summed E-state index contributed by atoms with van der Waals surface area (Å²) in [6, 6.07) is 0. The van der Waals surface area contributed by atoms with Gasteiger partial charge in [0.2, 0.25) is 12.2 Å². The van der Waals surface area contributed by atoms with Gasteiger partial charge in [-0.1, -0.05) is 32.6 Å². The second-order valence-corrected chi connectivity index (χ2v) is 2.69. The molecule has 0 aromatic heterocycles. The number of halogens is 1. The van der Waals surface area contributed by atoms with Crippen LogP contribution >= 0.6 is 11.6 Å². The highest BCUT2D eigenvalue weighted by Crippen LogP contribution is 2.02. The summed E-state index contributed by atoms with van der Waals surface area (Å²) in [5, 5.41) is 10.8. The second-order valence-electron chi connectivity index (χ2n) is 2.31. The Balaban J connectivity index is -0.000000168. The Morgan fingerprint density at radius 1 is 1.00 bits per heavy atom. The summed E-state index contributed by atoms with van der Waals surface area (Å²) < 4.78 is 0. The molecule has 0 bridgehead atoms. The molecule has 0 radical (unpaired) electrons. The summed E-state index contributed by atoms with van der Waals surface area (Å²) >= 11 is 5.48. The molecule has 0 aromatic rings. The molecule has 0 aliphatic rings. The lowest BCUT2D eigenvalue weighted by atomic mass is 10.2. The topological polar surface area (TPSA) is 81.8 Å². The van der Waals surface area contributed by atoms with Crippen molar-refractivity contribution >= 4 is 23.8 Å². The van der Waals surface area contributed by atoms with E-state index in [1.807, 2.05) is 0 Å². The zero-order valence-electron chi connectivity index (χ0n) is 8.44. The highest BCUT2D eigenvalue weighted by atomic mass is 35.5. The van der Waals surface area contributed by atoms with E-state index in [-0.39, 0.29) is 0 Å². The Kier molecular flexibility index (Phi) is 39.7. The summed E-state index contributed by atoms with van der Waals surface area (Å²) in [5.74, 6) is 0.837. The number of nitrogens with one attached hydrogen (secondary N) is 2. The van der Waals surface area contributed by atoms with Crippen molar-refractivity contribution in [2.75, 3.05) is 5.88 Å². The average Bonchev–Trinajstić information content (AvgIpc) is 2.15. The van der Waals surface area contributed by atoms with Crippen LogP contribution < -0.4 is 0 Å². The van der Waals surface area contributed by atoms with Crippen molar-refractivity contribution in [2.24, 2.45) is 0 Å². The van der Waals surface area contributed by atoms with Gasteiger partial charge in [-0.2, -0.15) is 0 Å². The van der Waals surface area contributed by atoms with Gasteiger partial charge in [-0.15, -0.1) is 11.6 Å². The molecule has 0 aromatic carbocycles. The summed E-state index contributed by atoms with van der Waals surface area (Å²) in [4.78, 5) is 16.7. The largest absolute Gasteiger partial charge is 0.231 e. The molecular formula is C9H17ClN2O2. The molecule has 0 unspecified atom stereocenters. The van der Waals surface area contributed by atoms with Crippen molar-refractivity contribution in [3.63, 3.8) is 0 Å². The Labute approximate surface area is 89.7 Å². The lowest BCUT2D eigenvalue weighted by Crippen LogP contribution is -1.76. The van der Waals surface area contributed by atoms with Crippen molar-refractivity contribution in [3.05, 3.63) is 0 Å². The molecule has 4 nitrogen and oxygen atoms in total. The maximum Gasteiger partial charge on any atom is 0.231 e. The van der Waals surface area contributed by atoms with Crippen molar-refractivity contribution in [1.29, 1.82) is 10.8 Å². The molecule has 2 N–H and O–H groups in total. The van der Waals surface area contributed by atoms with Crippen molar-refractivity contribution in [2.45, 2.75) is 39.0 Å². The summed E-state index contributed by atoms with van der Waals surface area (Å²) in [7, 11) is 0. The maximum atomic E-state index is 8.35. The van der Waals surface area contributed by atoms with E-state index in [2.05, 4.69) is 6.92 Å². The van der Waals surface area contributed by atoms with Gasteiger partial charge >= 0.3 is 0 Å². The first-order chi connectivity index (χ1) is 6.74. The number of carbonyl (C=O) groups excluding carboxylic acids is 2. The minimum absolute atomic E-state index is 0.750. The predicted molar refractivity (Wildman–Crippen MR) is 56.3 cm³/mol.